The number of aromatic nitrogens is 1. The summed E-state index contributed by atoms with van der Waals surface area (Å²) in [5.74, 6) is -1.35. The lowest BCUT2D eigenvalue weighted by atomic mass is 9.99. The predicted molar refractivity (Wildman–Crippen MR) is 92.4 cm³/mol. The maximum absolute atomic E-state index is 12.7. The molecule has 1 amide bonds. The average Bonchev–Trinajstić information content (AvgIpc) is 2.91. The molecule has 1 aliphatic rings. The van der Waals surface area contributed by atoms with E-state index in [2.05, 4.69) is 10.3 Å². The molecule has 1 unspecified atom stereocenters. The van der Waals surface area contributed by atoms with E-state index < -0.39 is 39.8 Å². The van der Waals surface area contributed by atoms with Crippen LogP contribution in [0.5, 0.6) is 0 Å². The molecule has 0 radical (unpaired) electrons. The number of amides is 1. The molecule has 0 saturated carbocycles. The molecule has 0 bridgehead atoms. The first-order valence-corrected chi connectivity index (χ1v) is 9.54. The summed E-state index contributed by atoms with van der Waals surface area (Å²) in [6.45, 7) is 4.35. The zero-order chi connectivity index (χ0) is 19.8. The van der Waals surface area contributed by atoms with Crippen LogP contribution in [0.3, 0.4) is 0 Å². The number of carbonyl (C=O) groups excluding carboxylic acids is 1. The lowest BCUT2D eigenvalue weighted by molar-refractivity contribution is -0.144. The number of carboxylic acids is 1. The number of halogens is 1. The quantitative estimate of drug-likeness (QED) is 0.726. The van der Waals surface area contributed by atoms with Crippen LogP contribution in [0.1, 0.15) is 27.2 Å². The van der Waals surface area contributed by atoms with E-state index in [0.717, 1.165) is 4.31 Å². The monoisotopic (exact) mass is 405 g/mol. The summed E-state index contributed by atoms with van der Waals surface area (Å²) in [6, 6.07) is 2.70. The zero-order valence-electron chi connectivity index (χ0n) is 14.5. The molecule has 0 aliphatic carbocycles. The molecule has 26 heavy (non-hydrogen) atoms. The van der Waals surface area contributed by atoms with Gasteiger partial charge in [0.2, 0.25) is 10.0 Å². The molecule has 9 nitrogen and oxygen atoms in total. The Labute approximate surface area is 156 Å². The SMILES string of the molecule is CC(C)(C)OC(=O)NC1(C(=O)O)CCN(S(=O)(=O)c2cccnc2Cl)C1. The summed E-state index contributed by atoms with van der Waals surface area (Å²) in [4.78, 5) is 27.3. The van der Waals surface area contributed by atoms with Crippen molar-refractivity contribution < 1.29 is 27.9 Å². The second-order valence-electron chi connectivity index (χ2n) is 6.90. The summed E-state index contributed by atoms with van der Waals surface area (Å²) < 4.78 is 31.5. The van der Waals surface area contributed by atoms with Crippen LogP contribution < -0.4 is 5.32 Å². The van der Waals surface area contributed by atoms with Gasteiger partial charge in [-0.25, -0.2) is 23.0 Å². The summed E-state index contributed by atoms with van der Waals surface area (Å²) in [6.07, 6.45) is 0.300. The fourth-order valence-corrected chi connectivity index (χ4v) is 4.44. The molecule has 1 atom stereocenters. The maximum Gasteiger partial charge on any atom is 0.408 e. The van der Waals surface area contributed by atoms with E-state index in [1.165, 1.54) is 18.3 Å². The van der Waals surface area contributed by atoms with Crippen molar-refractivity contribution in [3.63, 3.8) is 0 Å². The molecule has 1 aromatic heterocycles. The van der Waals surface area contributed by atoms with E-state index in [4.69, 9.17) is 16.3 Å². The van der Waals surface area contributed by atoms with Crippen LogP contribution in [0.25, 0.3) is 0 Å². The van der Waals surface area contributed by atoms with E-state index in [0.29, 0.717) is 0 Å². The summed E-state index contributed by atoms with van der Waals surface area (Å²) in [5, 5.41) is 11.7. The second kappa shape index (κ2) is 7.01. The number of carbonyl (C=O) groups is 2. The highest BCUT2D eigenvalue weighted by molar-refractivity contribution is 7.89. The van der Waals surface area contributed by atoms with Crippen molar-refractivity contribution in [3.05, 3.63) is 23.5 Å². The van der Waals surface area contributed by atoms with E-state index >= 15 is 0 Å². The van der Waals surface area contributed by atoms with Crippen molar-refractivity contribution in [1.82, 2.24) is 14.6 Å². The molecular formula is C15H20ClN3O6S. The Hall–Kier alpha value is -1.91. The third kappa shape index (κ3) is 4.25. The van der Waals surface area contributed by atoms with Crippen molar-refractivity contribution in [2.75, 3.05) is 13.1 Å². The minimum Gasteiger partial charge on any atom is -0.479 e. The van der Waals surface area contributed by atoms with Crippen LogP contribution in [0.15, 0.2) is 23.2 Å². The number of hydrogen-bond donors (Lipinski definition) is 2. The van der Waals surface area contributed by atoms with Gasteiger partial charge in [-0.05, 0) is 39.3 Å². The highest BCUT2D eigenvalue weighted by Gasteiger charge is 2.50. The topological polar surface area (TPSA) is 126 Å². The first-order valence-electron chi connectivity index (χ1n) is 7.73. The molecule has 2 heterocycles. The molecular weight excluding hydrogens is 386 g/mol. The number of carboxylic acid groups (broad SMARTS) is 1. The van der Waals surface area contributed by atoms with Crippen molar-refractivity contribution in [2.45, 2.75) is 43.2 Å². The van der Waals surface area contributed by atoms with Gasteiger partial charge >= 0.3 is 12.1 Å². The molecule has 2 N–H and O–H groups in total. The molecule has 0 spiro atoms. The molecule has 1 aromatic rings. The number of nitrogens with zero attached hydrogens (tertiary/aromatic N) is 2. The van der Waals surface area contributed by atoms with Crippen molar-refractivity contribution >= 4 is 33.7 Å². The van der Waals surface area contributed by atoms with Crippen LogP contribution in [-0.4, -0.2) is 59.1 Å². The number of ether oxygens (including phenoxy) is 1. The Morgan fingerprint density at radius 2 is 2.08 bits per heavy atom. The van der Waals surface area contributed by atoms with Gasteiger partial charge in [0.1, 0.15) is 15.6 Å². The van der Waals surface area contributed by atoms with Crippen molar-refractivity contribution in [1.29, 1.82) is 0 Å². The third-order valence-electron chi connectivity index (χ3n) is 3.73. The van der Waals surface area contributed by atoms with Crippen LogP contribution in [0.4, 0.5) is 4.79 Å². The maximum atomic E-state index is 12.7. The van der Waals surface area contributed by atoms with Crippen LogP contribution in [0, 0.1) is 0 Å². The van der Waals surface area contributed by atoms with Gasteiger partial charge in [-0.15, -0.1) is 0 Å². The Bertz CT molecular complexity index is 823. The van der Waals surface area contributed by atoms with Gasteiger partial charge in [-0.1, -0.05) is 11.6 Å². The average molecular weight is 406 g/mol. The van der Waals surface area contributed by atoms with Crippen LogP contribution in [0.2, 0.25) is 5.15 Å². The Kier molecular flexibility index (Phi) is 5.50. The molecule has 11 heteroatoms. The number of alkyl carbamates (subject to hydrolysis) is 1. The highest BCUT2D eigenvalue weighted by atomic mass is 35.5. The minimum absolute atomic E-state index is 0.102. The first-order chi connectivity index (χ1) is 11.9. The number of sulfonamides is 1. The minimum atomic E-state index is -4.06. The van der Waals surface area contributed by atoms with Crippen LogP contribution >= 0.6 is 11.6 Å². The van der Waals surface area contributed by atoms with E-state index in [1.54, 1.807) is 20.8 Å². The third-order valence-corrected chi connectivity index (χ3v) is 6.02. The van der Waals surface area contributed by atoms with E-state index in [9.17, 15) is 23.1 Å². The fraction of sp³-hybridized carbons (Fsp3) is 0.533. The number of rotatable bonds is 4. The van der Waals surface area contributed by atoms with Gasteiger partial charge in [0.15, 0.2) is 5.54 Å². The summed E-state index contributed by atoms with van der Waals surface area (Å²) in [7, 11) is -4.06. The van der Waals surface area contributed by atoms with Crippen LogP contribution in [-0.2, 0) is 19.6 Å². The first kappa shape index (κ1) is 20.4. The lowest BCUT2D eigenvalue weighted by Gasteiger charge is -2.28. The number of nitrogens with one attached hydrogen (secondary N) is 1. The van der Waals surface area contributed by atoms with Gasteiger partial charge in [0.25, 0.3) is 0 Å². The van der Waals surface area contributed by atoms with Gasteiger partial charge in [0.05, 0.1) is 0 Å². The largest absolute Gasteiger partial charge is 0.479 e. The molecule has 1 saturated heterocycles. The van der Waals surface area contributed by atoms with Gasteiger partial charge < -0.3 is 15.2 Å². The normalized spacial score (nSPS) is 21.4. The van der Waals surface area contributed by atoms with Gasteiger partial charge in [-0.3, -0.25) is 0 Å². The lowest BCUT2D eigenvalue weighted by Crippen LogP contribution is -2.57. The molecule has 0 aromatic carbocycles. The molecule has 1 aliphatic heterocycles. The summed E-state index contributed by atoms with van der Waals surface area (Å²) >= 11 is 5.85. The molecule has 2 rings (SSSR count). The Morgan fingerprint density at radius 1 is 1.42 bits per heavy atom. The highest BCUT2D eigenvalue weighted by Crippen LogP contribution is 2.30. The Balaban J connectivity index is 2.26. The predicted octanol–water partition coefficient (Wildman–Crippen LogP) is 1.48. The summed E-state index contributed by atoms with van der Waals surface area (Å²) in [5.41, 5.74) is -2.61. The number of hydrogen-bond acceptors (Lipinski definition) is 6. The van der Waals surface area contributed by atoms with Gasteiger partial charge in [-0.2, -0.15) is 4.31 Å². The van der Waals surface area contributed by atoms with E-state index in [1.807, 2.05) is 0 Å². The molecule has 1 fully saturated rings. The van der Waals surface area contributed by atoms with Gasteiger partial charge in [0, 0.05) is 19.3 Å². The number of aliphatic carboxylic acids is 1. The zero-order valence-corrected chi connectivity index (χ0v) is 16.1. The Morgan fingerprint density at radius 3 is 2.62 bits per heavy atom. The fourth-order valence-electron chi connectivity index (χ4n) is 2.51. The smallest absolute Gasteiger partial charge is 0.408 e. The van der Waals surface area contributed by atoms with Crippen molar-refractivity contribution in [3.8, 4) is 0 Å². The molecule has 144 valence electrons. The van der Waals surface area contributed by atoms with E-state index in [-0.39, 0.29) is 23.0 Å². The standard InChI is InChI=1S/C15H20ClN3O6S/c1-14(2,3)25-13(22)18-15(12(20)21)6-8-19(9-15)26(23,24)10-5-4-7-17-11(10)16/h4-5,7H,6,8-9H2,1-3H3,(H,18,22)(H,20,21). The second-order valence-corrected chi connectivity index (χ2v) is 9.16. The number of pyridine rings is 1. The van der Waals surface area contributed by atoms with Crippen molar-refractivity contribution in [2.24, 2.45) is 0 Å².